The molecule has 0 heterocycles. The van der Waals surface area contributed by atoms with Gasteiger partial charge < -0.3 is 5.73 Å². The van der Waals surface area contributed by atoms with Crippen molar-refractivity contribution in [3.63, 3.8) is 0 Å². The predicted molar refractivity (Wildman–Crippen MR) is 87.3 cm³/mol. The van der Waals surface area contributed by atoms with Gasteiger partial charge in [-0.1, -0.05) is 17.7 Å². The molecule has 4 nitrogen and oxygen atoms in total. The number of nitrogens with one attached hydrogen (secondary N) is 1. The van der Waals surface area contributed by atoms with Gasteiger partial charge in [0.15, 0.2) is 0 Å². The first-order chi connectivity index (χ1) is 9.69. The number of hydrogen-bond acceptors (Lipinski definition) is 3. The number of anilines is 2. The highest BCUT2D eigenvalue weighted by Gasteiger charge is 2.18. The van der Waals surface area contributed by atoms with Gasteiger partial charge in [0.1, 0.15) is 0 Å². The van der Waals surface area contributed by atoms with E-state index >= 15 is 0 Å². The van der Waals surface area contributed by atoms with E-state index in [0.29, 0.717) is 16.3 Å². The molecule has 2 rings (SSSR count). The zero-order valence-corrected chi connectivity index (χ0v) is 13.6. The zero-order chi connectivity index (χ0) is 15.8. The highest BCUT2D eigenvalue weighted by Crippen LogP contribution is 2.28. The van der Waals surface area contributed by atoms with Gasteiger partial charge in [-0.3, -0.25) is 4.72 Å². The minimum absolute atomic E-state index is 0.128. The molecule has 0 aromatic heterocycles. The summed E-state index contributed by atoms with van der Waals surface area (Å²) < 4.78 is 27.6. The predicted octanol–water partition coefficient (Wildman–Crippen LogP) is 3.65. The van der Waals surface area contributed by atoms with Crippen molar-refractivity contribution in [3.8, 4) is 0 Å². The van der Waals surface area contributed by atoms with E-state index in [9.17, 15) is 8.42 Å². The van der Waals surface area contributed by atoms with Gasteiger partial charge in [-0.05, 0) is 61.7 Å². The van der Waals surface area contributed by atoms with Crippen LogP contribution in [0.25, 0.3) is 0 Å². The van der Waals surface area contributed by atoms with Crippen LogP contribution in [0.5, 0.6) is 0 Å². The molecule has 21 heavy (non-hydrogen) atoms. The molecule has 0 amide bonds. The fraction of sp³-hybridized carbons (Fsp3) is 0.200. The maximum Gasteiger partial charge on any atom is 0.262 e. The van der Waals surface area contributed by atoms with E-state index < -0.39 is 10.0 Å². The van der Waals surface area contributed by atoms with Gasteiger partial charge >= 0.3 is 0 Å². The maximum atomic E-state index is 12.5. The third kappa shape index (κ3) is 3.49. The van der Waals surface area contributed by atoms with Crippen molar-refractivity contribution in [3.05, 3.63) is 52.0 Å². The Hall–Kier alpha value is -1.72. The fourth-order valence-corrected chi connectivity index (χ4v) is 3.72. The van der Waals surface area contributed by atoms with Gasteiger partial charge in [-0.25, -0.2) is 8.42 Å². The van der Waals surface area contributed by atoms with Crippen LogP contribution in [0, 0.1) is 20.8 Å². The normalized spacial score (nSPS) is 11.4. The molecule has 0 saturated heterocycles. The van der Waals surface area contributed by atoms with Crippen molar-refractivity contribution >= 4 is 33.0 Å². The summed E-state index contributed by atoms with van der Waals surface area (Å²) >= 11 is 5.90. The summed E-state index contributed by atoms with van der Waals surface area (Å²) in [6, 6.07) is 8.46. The number of halogens is 1. The molecule has 112 valence electrons. The van der Waals surface area contributed by atoms with Crippen molar-refractivity contribution in [2.75, 3.05) is 10.5 Å². The lowest BCUT2D eigenvalue weighted by molar-refractivity contribution is 0.600. The molecular formula is C15H17ClN2O2S. The summed E-state index contributed by atoms with van der Waals surface area (Å²) in [7, 11) is -3.71. The van der Waals surface area contributed by atoms with Crippen LogP contribution in [0.1, 0.15) is 16.7 Å². The van der Waals surface area contributed by atoms with E-state index in [1.54, 1.807) is 25.1 Å². The molecule has 0 saturated carbocycles. The molecule has 0 aliphatic heterocycles. The lowest BCUT2D eigenvalue weighted by Crippen LogP contribution is -2.15. The van der Waals surface area contributed by atoms with Gasteiger partial charge in [-0.2, -0.15) is 0 Å². The third-order valence-corrected chi connectivity index (χ3v) is 4.91. The van der Waals surface area contributed by atoms with E-state index in [1.165, 1.54) is 6.07 Å². The van der Waals surface area contributed by atoms with E-state index in [4.69, 9.17) is 17.3 Å². The highest BCUT2D eigenvalue weighted by molar-refractivity contribution is 7.92. The van der Waals surface area contributed by atoms with Crippen LogP contribution < -0.4 is 10.5 Å². The van der Waals surface area contributed by atoms with Crippen LogP contribution in [-0.2, 0) is 10.0 Å². The molecule has 0 radical (unpaired) electrons. The maximum absolute atomic E-state index is 12.5. The number of nitrogen functional groups attached to an aromatic ring is 1. The first-order valence-electron chi connectivity index (χ1n) is 6.36. The number of rotatable bonds is 3. The molecule has 3 N–H and O–H groups in total. The smallest absolute Gasteiger partial charge is 0.262 e. The van der Waals surface area contributed by atoms with Crippen LogP contribution in [0.3, 0.4) is 0 Å². The summed E-state index contributed by atoms with van der Waals surface area (Å²) in [6.07, 6.45) is 0. The topological polar surface area (TPSA) is 72.2 Å². The number of nitrogens with two attached hydrogens (primary N) is 1. The molecule has 0 fully saturated rings. The largest absolute Gasteiger partial charge is 0.397 e. The number of aryl methyl sites for hydroxylation is 3. The second-order valence-electron chi connectivity index (χ2n) is 5.12. The summed E-state index contributed by atoms with van der Waals surface area (Å²) in [5, 5.41) is 0.345. The first kappa shape index (κ1) is 15.7. The lowest BCUT2D eigenvalue weighted by atomic mass is 10.1. The Morgan fingerprint density at radius 1 is 1.00 bits per heavy atom. The van der Waals surface area contributed by atoms with E-state index in [-0.39, 0.29) is 10.6 Å². The molecular weight excluding hydrogens is 308 g/mol. The Kier molecular flexibility index (Phi) is 4.16. The Balaban J connectivity index is 2.45. The molecule has 0 atom stereocenters. The van der Waals surface area contributed by atoms with Crippen molar-refractivity contribution in [1.82, 2.24) is 0 Å². The molecule has 0 spiro atoms. The van der Waals surface area contributed by atoms with Crippen molar-refractivity contribution in [2.45, 2.75) is 25.7 Å². The van der Waals surface area contributed by atoms with Crippen molar-refractivity contribution < 1.29 is 8.42 Å². The SMILES string of the molecule is Cc1cc(C)cc(NS(=O)(=O)c2cc(N)c(Cl)cc2C)c1. The third-order valence-electron chi connectivity index (χ3n) is 3.06. The Labute approximate surface area is 130 Å². The number of hydrogen-bond donors (Lipinski definition) is 2. The second kappa shape index (κ2) is 5.58. The van der Waals surface area contributed by atoms with Crippen LogP contribution in [-0.4, -0.2) is 8.42 Å². The fourth-order valence-electron chi connectivity index (χ4n) is 2.20. The molecule has 0 aliphatic rings. The van der Waals surface area contributed by atoms with Gasteiger partial charge in [0.2, 0.25) is 0 Å². The Bertz CT molecular complexity index is 781. The van der Waals surface area contributed by atoms with Crippen LogP contribution in [0.2, 0.25) is 5.02 Å². The zero-order valence-electron chi connectivity index (χ0n) is 12.1. The monoisotopic (exact) mass is 324 g/mol. The van der Waals surface area contributed by atoms with Crippen LogP contribution in [0.4, 0.5) is 11.4 Å². The quantitative estimate of drug-likeness (QED) is 0.846. The van der Waals surface area contributed by atoms with Gasteiger partial charge in [0.25, 0.3) is 10.0 Å². The summed E-state index contributed by atoms with van der Waals surface area (Å²) in [5.74, 6) is 0. The minimum atomic E-state index is -3.71. The van der Waals surface area contributed by atoms with Crippen LogP contribution >= 0.6 is 11.6 Å². The van der Waals surface area contributed by atoms with Gasteiger partial charge in [-0.15, -0.1) is 0 Å². The van der Waals surface area contributed by atoms with E-state index in [2.05, 4.69) is 4.72 Å². The van der Waals surface area contributed by atoms with Gasteiger partial charge in [0, 0.05) is 5.69 Å². The minimum Gasteiger partial charge on any atom is -0.397 e. The average molecular weight is 325 g/mol. The van der Waals surface area contributed by atoms with E-state index in [0.717, 1.165) is 11.1 Å². The molecule has 2 aromatic rings. The Morgan fingerprint density at radius 2 is 1.57 bits per heavy atom. The van der Waals surface area contributed by atoms with Crippen LogP contribution in [0.15, 0.2) is 35.2 Å². The highest BCUT2D eigenvalue weighted by atomic mass is 35.5. The Morgan fingerprint density at radius 3 is 2.14 bits per heavy atom. The molecule has 0 unspecified atom stereocenters. The summed E-state index contributed by atoms with van der Waals surface area (Å²) in [4.78, 5) is 0.128. The first-order valence-corrected chi connectivity index (χ1v) is 8.22. The summed E-state index contributed by atoms with van der Waals surface area (Å²) in [5.41, 5.74) is 8.99. The molecule has 0 bridgehead atoms. The van der Waals surface area contributed by atoms with Gasteiger partial charge in [0.05, 0.1) is 15.6 Å². The molecule has 6 heteroatoms. The lowest BCUT2D eigenvalue weighted by Gasteiger charge is -2.13. The second-order valence-corrected chi connectivity index (χ2v) is 7.18. The van der Waals surface area contributed by atoms with Crippen molar-refractivity contribution in [2.24, 2.45) is 0 Å². The molecule has 2 aromatic carbocycles. The molecule has 0 aliphatic carbocycles. The van der Waals surface area contributed by atoms with Crippen molar-refractivity contribution in [1.29, 1.82) is 0 Å². The summed E-state index contributed by atoms with van der Waals surface area (Å²) in [6.45, 7) is 5.51. The average Bonchev–Trinajstić information content (AvgIpc) is 2.31. The number of benzene rings is 2. The number of sulfonamides is 1. The standard InChI is InChI=1S/C15H17ClN2O2S/c1-9-4-10(2)6-12(5-9)18-21(19,20)15-8-14(17)13(16)7-11(15)3/h4-8,18H,17H2,1-3H3. The van der Waals surface area contributed by atoms with E-state index in [1.807, 2.05) is 19.9 Å².